The van der Waals surface area contributed by atoms with Crippen molar-refractivity contribution in [3.63, 3.8) is 0 Å². The molecule has 2 heterocycles. The van der Waals surface area contributed by atoms with Gasteiger partial charge in [-0.3, -0.25) is 9.59 Å². The molecule has 176 valence electrons. The lowest BCUT2D eigenvalue weighted by molar-refractivity contribution is -0.137. The molecule has 0 saturated carbocycles. The Kier molecular flexibility index (Phi) is 6.83. The van der Waals surface area contributed by atoms with E-state index in [9.17, 15) is 14.0 Å². The first kappa shape index (κ1) is 23.0. The average Bonchev–Trinajstić information content (AvgIpc) is 3.29. The lowest BCUT2D eigenvalue weighted by Gasteiger charge is -2.35. The molecule has 2 saturated heterocycles. The molecule has 8 heteroatoms. The normalized spacial score (nSPS) is 21.2. The van der Waals surface area contributed by atoms with Crippen LogP contribution >= 0.6 is 0 Å². The second kappa shape index (κ2) is 9.79. The third-order valence-electron chi connectivity index (χ3n) is 6.68. The molecule has 2 amide bonds. The van der Waals surface area contributed by atoms with Crippen molar-refractivity contribution >= 4 is 11.8 Å². The summed E-state index contributed by atoms with van der Waals surface area (Å²) < 4.78 is 25.4. The maximum Gasteiger partial charge on any atom is 0.256 e. The minimum absolute atomic E-state index is 0.0153. The first-order valence-electron chi connectivity index (χ1n) is 11.2. The van der Waals surface area contributed by atoms with Crippen molar-refractivity contribution < 1.29 is 23.5 Å². The molecule has 0 N–H and O–H groups in total. The van der Waals surface area contributed by atoms with Crippen molar-refractivity contribution in [2.45, 2.75) is 5.92 Å². The third kappa shape index (κ3) is 4.66. The second-order valence-electron chi connectivity index (χ2n) is 8.64. The van der Waals surface area contributed by atoms with E-state index in [-0.39, 0.29) is 23.9 Å². The molecule has 2 aliphatic heterocycles. The molecule has 2 aromatic rings. The highest BCUT2D eigenvalue weighted by Gasteiger charge is 2.44. The zero-order valence-corrected chi connectivity index (χ0v) is 19.3. The molecule has 0 unspecified atom stereocenters. The molecule has 4 rings (SSSR count). The van der Waals surface area contributed by atoms with Crippen LogP contribution in [0.3, 0.4) is 0 Å². The van der Waals surface area contributed by atoms with Gasteiger partial charge in [-0.2, -0.15) is 0 Å². The Morgan fingerprint density at radius 3 is 2.33 bits per heavy atom. The first-order chi connectivity index (χ1) is 15.9. The van der Waals surface area contributed by atoms with Crippen LogP contribution in [0.5, 0.6) is 11.5 Å². The summed E-state index contributed by atoms with van der Waals surface area (Å²) in [4.78, 5) is 32.5. The molecule has 2 aromatic carbocycles. The fourth-order valence-corrected chi connectivity index (χ4v) is 4.73. The number of carbonyl (C=O) groups is 2. The predicted molar refractivity (Wildman–Crippen MR) is 122 cm³/mol. The predicted octanol–water partition coefficient (Wildman–Crippen LogP) is 2.47. The van der Waals surface area contributed by atoms with E-state index in [2.05, 4.69) is 4.90 Å². The number of amides is 2. The molecule has 0 radical (unpaired) electrons. The minimum atomic E-state index is -0.563. The number of rotatable bonds is 5. The first-order valence-corrected chi connectivity index (χ1v) is 11.2. The Morgan fingerprint density at radius 2 is 1.67 bits per heavy atom. The van der Waals surface area contributed by atoms with Gasteiger partial charge in [0.05, 0.1) is 25.7 Å². The number of benzene rings is 2. The monoisotopic (exact) mass is 455 g/mol. The zero-order chi connectivity index (χ0) is 23.5. The number of halogens is 1. The zero-order valence-electron chi connectivity index (χ0n) is 19.3. The standard InChI is InChI=1S/C25H30FN3O4/c1-27-10-12-28(13-11-27)25(31)21-16-29(24(30)18-6-4-5-7-22(18)26)15-20(21)19-14-17(32-2)8-9-23(19)33-3/h4-9,14,20-21H,10-13,15-16H2,1-3H3/t20-,21+/m1/s1. The van der Waals surface area contributed by atoms with E-state index in [1.165, 1.54) is 12.1 Å². The molecule has 0 bridgehead atoms. The average molecular weight is 456 g/mol. The van der Waals surface area contributed by atoms with Crippen LogP contribution in [0.4, 0.5) is 4.39 Å². The summed E-state index contributed by atoms with van der Waals surface area (Å²) in [6.45, 7) is 3.43. The molecule has 0 aliphatic carbocycles. The Morgan fingerprint density at radius 1 is 0.939 bits per heavy atom. The smallest absolute Gasteiger partial charge is 0.256 e. The number of hydrogen-bond donors (Lipinski definition) is 0. The quantitative estimate of drug-likeness (QED) is 0.693. The van der Waals surface area contributed by atoms with Crippen LogP contribution in [0, 0.1) is 11.7 Å². The maximum atomic E-state index is 14.4. The fraction of sp³-hybridized carbons (Fsp3) is 0.440. The van der Waals surface area contributed by atoms with Gasteiger partial charge in [0.25, 0.3) is 5.91 Å². The molecule has 0 aromatic heterocycles. The summed E-state index contributed by atoms with van der Waals surface area (Å²) in [5.74, 6) is -0.419. The molecule has 7 nitrogen and oxygen atoms in total. The minimum Gasteiger partial charge on any atom is -0.497 e. The van der Waals surface area contributed by atoms with Crippen LogP contribution in [0.25, 0.3) is 0 Å². The van der Waals surface area contributed by atoms with Crippen LogP contribution in [0.15, 0.2) is 42.5 Å². The summed E-state index contributed by atoms with van der Waals surface area (Å²) >= 11 is 0. The van der Waals surface area contributed by atoms with Crippen molar-refractivity contribution in [1.29, 1.82) is 0 Å². The van der Waals surface area contributed by atoms with Gasteiger partial charge in [0.2, 0.25) is 5.91 Å². The number of methoxy groups -OCH3 is 2. The summed E-state index contributed by atoms with van der Waals surface area (Å²) in [5.41, 5.74) is 0.828. The van der Waals surface area contributed by atoms with E-state index in [0.717, 1.165) is 18.7 Å². The van der Waals surface area contributed by atoms with Gasteiger partial charge in [-0.1, -0.05) is 12.1 Å². The number of likely N-dealkylation sites (tertiary alicyclic amines) is 1. The van der Waals surface area contributed by atoms with Gasteiger partial charge in [-0.15, -0.1) is 0 Å². The Hall–Kier alpha value is -3.13. The topological polar surface area (TPSA) is 62.3 Å². The molecule has 2 fully saturated rings. The Balaban J connectivity index is 1.68. The number of hydrogen-bond acceptors (Lipinski definition) is 5. The van der Waals surface area contributed by atoms with E-state index in [1.54, 1.807) is 37.3 Å². The summed E-state index contributed by atoms with van der Waals surface area (Å²) in [6, 6.07) is 11.4. The highest BCUT2D eigenvalue weighted by Crippen LogP contribution is 2.40. The van der Waals surface area contributed by atoms with Crippen LogP contribution < -0.4 is 9.47 Å². The number of piperazine rings is 1. The summed E-state index contributed by atoms with van der Waals surface area (Å²) in [7, 11) is 5.21. The van der Waals surface area contributed by atoms with E-state index in [4.69, 9.17) is 9.47 Å². The highest BCUT2D eigenvalue weighted by molar-refractivity contribution is 5.95. The number of nitrogens with zero attached hydrogens (tertiary/aromatic N) is 3. The van der Waals surface area contributed by atoms with Gasteiger partial charge >= 0.3 is 0 Å². The number of likely N-dealkylation sites (N-methyl/N-ethyl adjacent to an activating group) is 1. The van der Waals surface area contributed by atoms with E-state index in [0.29, 0.717) is 31.1 Å². The van der Waals surface area contributed by atoms with Gasteiger partial charge in [0.15, 0.2) is 0 Å². The molecule has 2 atom stereocenters. The largest absolute Gasteiger partial charge is 0.497 e. The van der Waals surface area contributed by atoms with Crippen molar-refractivity contribution in [2.75, 3.05) is 60.5 Å². The van der Waals surface area contributed by atoms with Gasteiger partial charge < -0.3 is 24.2 Å². The van der Waals surface area contributed by atoms with Crippen LogP contribution in [0.2, 0.25) is 0 Å². The lowest BCUT2D eigenvalue weighted by atomic mass is 9.87. The lowest BCUT2D eigenvalue weighted by Crippen LogP contribution is -2.50. The Labute approximate surface area is 193 Å². The Bertz CT molecular complexity index is 1020. The summed E-state index contributed by atoms with van der Waals surface area (Å²) in [5, 5.41) is 0. The van der Waals surface area contributed by atoms with Crippen LogP contribution in [0.1, 0.15) is 21.8 Å². The molecule has 2 aliphatic rings. The van der Waals surface area contributed by atoms with E-state index in [1.807, 2.05) is 24.1 Å². The van der Waals surface area contributed by atoms with E-state index < -0.39 is 17.6 Å². The fourth-order valence-electron chi connectivity index (χ4n) is 4.73. The van der Waals surface area contributed by atoms with Crippen molar-refractivity contribution in [3.05, 3.63) is 59.4 Å². The molecule has 0 spiro atoms. The van der Waals surface area contributed by atoms with Gasteiger partial charge in [0.1, 0.15) is 17.3 Å². The molecular formula is C25H30FN3O4. The van der Waals surface area contributed by atoms with Gasteiger partial charge in [-0.25, -0.2) is 4.39 Å². The maximum absolute atomic E-state index is 14.4. The number of ether oxygens (including phenoxy) is 2. The van der Waals surface area contributed by atoms with Gasteiger partial charge in [-0.05, 0) is 37.4 Å². The third-order valence-corrected chi connectivity index (χ3v) is 6.68. The second-order valence-corrected chi connectivity index (χ2v) is 8.64. The summed E-state index contributed by atoms with van der Waals surface area (Å²) in [6.07, 6.45) is 0. The van der Waals surface area contributed by atoms with Gasteiger partial charge in [0, 0.05) is 50.7 Å². The van der Waals surface area contributed by atoms with Crippen molar-refractivity contribution in [3.8, 4) is 11.5 Å². The van der Waals surface area contributed by atoms with Crippen molar-refractivity contribution in [1.82, 2.24) is 14.7 Å². The number of carbonyl (C=O) groups excluding carboxylic acids is 2. The van der Waals surface area contributed by atoms with Crippen LogP contribution in [-0.4, -0.2) is 87.0 Å². The van der Waals surface area contributed by atoms with Crippen LogP contribution in [-0.2, 0) is 4.79 Å². The van der Waals surface area contributed by atoms with E-state index >= 15 is 0 Å². The van der Waals surface area contributed by atoms with Crippen molar-refractivity contribution in [2.24, 2.45) is 5.92 Å². The molecular weight excluding hydrogens is 425 g/mol. The highest BCUT2D eigenvalue weighted by atomic mass is 19.1. The SMILES string of the molecule is COc1ccc(OC)c([C@H]2CN(C(=O)c3ccccc3F)C[C@@H]2C(=O)N2CCN(C)CC2)c1. The molecule has 33 heavy (non-hydrogen) atoms.